The molecule has 1 amide bonds. The van der Waals surface area contributed by atoms with Gasteiger partial charge in [0.25, 0.3) is 0 Å². The zero-order chi connectivity index (χ0) is 16.6. The highest BCUT2D eigenvalue weighted by Crippen LogP contribution is 2.17. The third kappa shape index (κ3) is 8.84. The lowest BCUT2D eigenvalue weighted by Gasteiger charge is -2.28. The summed E-state index contributed by atoms with van der Waals surface area (Å²) in [5.41, 5.74) is -0.569. The lowest BCUT2D eigenvalue weighted by Crippen LogP contribution is -2.37. The van der Waals surface area contributed by atoms with E-state index in [1.54, 1.807) is 20.8 Å². The highest BCUT2D eigenvalue weighted by molar-refractivity contribution is 5.67. The number of carboxylic acid groups (broad SMARTS) is 1. The number of rotatable bonds is 7. The third-order valence-corrected chi connectivity index (χ3v) is 3.01. The predicted molar refractivity (Wildman–Crippen MR) is 76.9 cm³/mol. The van der Waals surface area contributed by atoms with Crippen LogP contribution in [0.4, 0.5) is 4.79 Å². The fourth-order valence-corrected chi connectivity index (χ4v) is 2.09. The van der Waals surface area contributed by atoms with Gasteiger partial charge in [0, 0.05) is 25.5 Å². The van der Waals surface area contributed by atoms with Crippen LogP contribution in [-0.4, -0.2) is 43.2 Å². The molecule has 0 bridgehead atoms. The minimum Gasteiger partial charge on any atom is -0.550 e. The molecule has 0 aromatic carbocycles. The minimum atomic E-state index is -1.18. The number of carboxylic acids is 1. The molecule has 1 heterocycles. The van der Waals surface area contributed by atoms with E-state index in [0.29, 0.717) is 13.0 Å². The molecule has 128 valence electrons. The van der Waals surface area contributed by atoms with Crippen LogP contribution < -0.4 is 10.4 Å². The normalized spacial score (nSPS) is 20.2. The van der Waals surface area contributed by atoms with Crippen molar-refractivity contribution >= 4 is 12.1 Å². The molecule has 2 atom stereocenters. The summed E-state index contributed by atoms with van der Waals surface area (Å²) in [6.07, 6.45) is 1.41. The number of carbonyl (C=O) groups is 2. The first-order valence-electron chi connectivity index (χ1n) is 7.70. The van der Waals surface area contributed by atoms with E-state index in [0.717, 1.165) is 19.3 Å². The quantitative estimate of drug-likeness (QED) is 0.751. The maximum atomic E-state index is 11.5. The summed E-state index contributed by atoms with van der Waals surface area (Å²) in [6, 6.07) is 0. The van der Waals surface area contributed by atoms with Crippen molar-refractivity contribution in [3.05, 3.63) is 0 Å². The number of ether oxygens (including phenoxy) is 3. The van der Waals surface area contributed by atoms with Crippen LogP contribution in [0.2, 0.25) is 0 Å². The Morgan fingerprint density at radius 2 is 2.09 bits per heavy atom. The monoisotopic (exact) mass is 316 g/mol. The molecule has 1 fully saturated rings. The van der Waals surface area contributed by atoms with Crippen molar-refractivity contribution in [2.24, 2.45) is 0 Å². The molecule has 7 heteroatoms. The first-order valence-corrected chi connectivity index (χ1v) is 7.70. The highest BCUT2D eigenvalue weighted by atomic mass is 16.7. The van der Waals surface area contributed by atoms with Gasteiger partial charge in [-0.1, -0.05) is 0 Å². The van der Waals surface area contributed by atoms with Crippen LogP contribution in [-0.2, 0) is 19.0 Å². The lowest BCUT2D eigenvalue weighted by molar-refractivity contribution is -0.309. The van der Waals surface area contributed by atoms with Gasteiger partial charge in [0.2, 0.25) is 0 Å². The van der Waals surface area contributed by atoms with Crippen molar-refractivity contribution in [1.82, 2.24) is 5.32 Å². The maximum Gasteiger partial charge on any atom is 0.407 e. The molecule has 22 heavy (non-hydrogen) atoms. The molecule has 0 aromatic heterocycles. The van der Waals surface area contributed by atoms with Crippen molar-refractivity contribution in [2.45, 2.75) is 70.9 Å². The number of amides is 1. The topological polar surface area (TPSA) is 96.9 Å². The van der Waals surface area contributed by atoms with E-state index in [9.17, 15) is 14.7 Å². The second-order valence-electron chi connectivity index (χ2n) is 6.35. The molecule has 0 spiro atoms. The second kappa shape index (κ2) is 8.95. The van der Waals surface area contributed by atoms with Crippen LogP contribution in [0.25, 0.3) is 0 Å². The zero-order valence-electron chi connectivity index (χ0n) is 13.6. The van der Waals surface area contributed by atoms with Gasteiger partial charge in [-0.2, -0.15) is 0 Å². The first kappa shape index (κ1) is 18.7. The van der Waals surface area contributed by atoms with Gasteiger partial charge in [-0.05, 0) is 46.5 Å². The Kier molecular flexibility index (Phi) is 7.61. The molecule has 7 nitrogen and oxygen atoms in total. The molecule has 0 aromatic rings. The van der Waals surface area contributed by atoms with E-state index >= 15 is 0 Å². The summed E-state index contributed by atoms with van der Waals surface area (Å²) >= 11 is 0. The minimum absolute atomic E-state index is 0.226. The van der Waals surface area contributed by atoms with Crippen LogP contribution in [0.15, 0.2) is 0 Å². The van der Waals surface area contributed by atoms with Crippen LogP contribution in [0.1, 0.15) is 52.9 Å². The van der Waals surface area contributed by atoms with Crippen LogP contribution >= 0.6 is 0 Å². The average Bonchev–Trinajstić information content (AvgIpc) is 2.36. The molecule has 1 rings (SSSR count). The van der Waals surface area contributed by atoms with Gasteiger partial charge in [-0.15, -0.1) is 0 Å². The van der Waals surface area contributed by atoms with Gasteiger partial charge in [0.15, 0.2) is 6.29 Å². The smallest absolute Gasteiger partial charge is 0.407 e. The average molecular weight is 316 g/mol. The summed E-state index contributed by atoms with van der Waals surface area (Å²) in [4.78, 5) is 22.3. The van der Waals surface area contributed by atoms with Crippen molar-refractivity contribution in [2.75, 3.05) is 13.2 Å². The van der Waals surface area contributed by atoms with Gasteiger partial charge < -0.3 is 29.4 Å². The van der Waals surface area contributed by atoms with E-state index < -0.39 is 23.8 Å². The molecule has 1 saturated heterocycles. The number of alkyl carbamates (subject to hydrolysis) is 1. The Balaban J connectivity index is 2.34. The fraction of sp³-hybridized carbons (Fsp3) is 0.867. The Morgan fingerprint density at radius 3 is 2.64 bits per heavy atom. The molecule has 1 N–H and O–H groups in total. The number of hydrogen-bond donors (Lipinski definition) is 1. The number of aliphatic carboxylic acids is 1. The van der Waals surface area contributed by atoms with E-state index in [1.165, 1.54) is 0 Å². The van der Waals surface area contributed by atoms with Crippen molar-refractivity contribution < 1.29 is 28.9 Å². The summed E-state index contributed by atoms with van der Waals surface area (Å²) in [6.45, 7) is 6.21. The summed E-state index contributed by atoms with van der Waals surface area (Å²) in [5.74, 6) is -1.18. The standard InChI is InChI=1S/C15H27NO6/c1-15(2,3)22-14(19)16-8-7-11(10-12(17)18)21-13-6-4-5-9-20-13/h11,13H,4-10H2,1-3H3,(H,16,19)(H,17,18)/p-1. The molecule has 0 radical (unpaired) electrons. The van der Waals surface area contributed by atoms with Gasteiger partial charge in [0.05, 0.1) is 6.10 Å². The SMILES string of the molecule is CC(C)(C)OC(=O)NCCC(CC(=O)[O-])OC1CCCCO1. The summed E-state index contributed by atoms with van der Waals surface area (Å²) in [5, 5.41) is 13.4. The molecular weight excluding hydrogens is 290 g/mol. The Morgan fingerprint density at radius 1 is 1.36 bits per heavy atom. The number of nitrogens with one attached hydrogen (secondary N) is 1. The second-order valence-corrected chi connectivity index (χ2v) is 6.35. The fourth-order valence-electron chi connectivity index (χ4n) is 2.09. The van der Waals surface area contributed by atoms with E-state index in [2.05, 4.69) is 5.32 Å². The maximum absolute atomic E-state index is 11.5. The number of carbonyl (C=O) groups excluding carboxylic acids is 2. The highest BCUT2D eigenvalue weighted by Gasteiger charge is 2.21. The molecule has 0 saturated carbocycles. The van der Waals surface area contributed by atoms with Gasteiger partial charge in [0.1, 0.15) is 5.60 Å². The molecular formula is C15H26NO6-. The molecule has 1 aliphatic heterocycles. The van der Waals surface area contributed by atoms with E-state index in [-0.39, 0.29) is 19.3 Å². The van der Waals surface area contributed by atoms with Gasteiger partial charge in [-0.3, -0.25) is 0 Å². The predicted octanol–water partition coefficient (Wildman–Crippen LogP) is 0.953. The van der Waals surface area contributed by atoms with E-state index in [1.807, 2.05) is 0 Å². The van der Waals surface area contributed by atoms with Crippen molar-refractivity contribution in [1.29, 1.82) is 0 Å². The Labute approximate surface area is 131 Å². The number of hydrogen-bond acceptors (Lipinski definition) is 6. The molecule has 2 unspecified atom stereocenters. The van der Waals surface area contributed by atoms with Crippen LogP contribution in [0.3, 0.4) is 0 Å². The van der Waals surface area contributed by atoms with Crippen molar-refractivity contribution in [3.63, 3.8) is 0 Å². The Bertz CT molecular complexity index is 360. The van der Waals surface area contributed by atoms with Gasteiger partial charge >= 0.3 is 6.09 Å². The first-order chi connectivity index (χ1) is 10.3. The van der Waals surface area contributed by atoms with Crippen molar-refractivity contribution in [3.8, 4) is 0 Å². The van der Waals surface area contributed by atoms with Gasteiger partial charge in [-0.25, -0.2) is 4.79 Å². The Hall–Kier alpha value is -1.34. The largest absolute Gasteiger partial charge is 0.550 e. The molecule has 1 aliphatic rings. The molecule has 0 aliphatic carbocycles. The summed E-state index contributed by atoms with van der Waals surface area (Å²) in [7, 11) is 0. The third-order valence-electron chi connectivity index (χ3n) is 3.01. The summed E-state index contributed by atoms with van der Waals surface area (Å²) < 4.78 is 16.2. The lowest BCUT2D eigenvalue weighted by atomic mass is 10.1. The zero-order valence-corrected chi connectivity index (χ0v) is 13.6. The van der Waals surface area contributed by atoms with Crippen LogP contribution in [0, 0.1) is 0 Å². The van der Waals surface area contributed by atoms with E-state index in [4.69, 9.17) is 14.2 Å². The van der Waals surface area contributed by atoms with Crippen LogP contribution in [0.5, 0.6) is 0 Å².